The largest absolute Gasteiger partial charge is 0.326 e. The summed E-state index contributed by atoms with van der Waals surface area (Å²) in [5.74, 6) is 0. The van der Waals surface area contributed by atoms with Crippen LogP contribution in [0.5, 0.6) is 0 Å². The number of hydrogen-bond acceptors (Lipinski definition) is 3. The predicted octanol–water partition coefficient (Wildman–Crippen LogP) is 1.03. The number of aryl methyl sites for hydroxylation is 1. The molecule has 0 radical (unpaired) electrons. The molecule has 0 bridgehead atoms. The van der Waals surface area contributed by atoms with E-state index in [1.807, 2.05) is 31.3 Å². The molecule has 2 rings (SSSR count). The van der Waals surface area contributed by atoms with Crippen molar-refractivity contribution in [2.45, 2.75) is 13.5 Å². The van der Waals surface area contributed by atoms with Crippen molar-refractivity contribution in [3.05, 3.63) is 41.7 Å². The minimum Gasteiger partial charge on any atom is -0.326 e. The molecule has 0 saturated heterocycles. The number of rotatable bonds is 2. The van der Waals surface area contributed by atoms with Crippen molar-refractivity contribution >= 4 is 0 Å². The highest BCUT2D eigenvalue weighted by Crippen LogP contribution is 2.14. The average Bonchev–Trinajstić information content (AvgIpc) is 2.71. The van der Waals surface area contributed by atoms with Gasteiger partial charge in [-0.2, -0.15) is 0 Å². The topological polar surface area (TPSA) is 56.7 Å². The lowest BCUT2D eigenvalue weighted by atomic mass is 10.1. The molecule has 72 valence electrons. The first-order valence-electron chi connectivity index (χ1n) is 4.47. The molecule has 0 aliphatic heterocycles. The molecule has 1 aromatic carbocycles. The lowest BCUT2D eigenvalue weighted by Crippen LogP contribution is -2.02. The molecule has 0 aliphatic rings. The molecule has 0 fully saturated rings. The summed E-state index contributed by atoms with van der Waals surface area (Å²) in [5.41, 5.74) is 8.87. The monoisotopic (exact) mass is 188 g/mol. The Hall–Kier alpha value is -1.68. The van der Waals surface area contributed by atoms with E-state index in [0.717, 1.165) is 16.8 Å². The molecule has 0 saturated carbocycles. The van der Waals surface area contributed by atoms with E-state index in [2.05, 4.69) is 10.3 Å². The fourth-order valence-corrected chi connectivity index (χ4v) is 1.37. The summed E-state index contributed by atoms with van der Waals surface area (Å²) >= 11 is 0. The second kappa shape index (κ2) is 3.59. The van der Waals surface area contributed by atoms with E-state index in [9.17, 15) is 0 Å². The van der Waals surface area contributed by atoms with Gasteiger partial charge in [0.2, 0.25) is 0 Å². The summed E-state index contributed by atoms with van der Waals surface area (Å²) in [4.78, 5) is 0. The smallest absolute Gasteiger partial charge is 0.0697 e. The maximum absolute atomic E-state index is 5.58. The molecular weight excluding hydrogens is 176 g/mol. The van der Waals surface area contributed by atoms with Gasteiger partial charge in [0, 0.05) is 6.54 Å². The van der Waals surface area contributed by atoms with Gasteiger partial charge in [-0.1, -0.05) is 17.3 Å². The van der Waals surface area contributed by atoms with Crippen LogP contribution in [0.1, 0.15) is 11.1 Å². The third-order valence-electron chi connectivity index (χ3n) is 2.18. The molecule has 0 atom stereocenters. The van der Waals surface area contributed by atoms with Crippen LogP contribution in [0.4, 0.5) is 0 Å². The fourth-order valence-electron chi connectivity index (χ4n) is 1.37. The first kappa shape index (κ1) is 8.90. The highest BCUT2D eigenvalue weighted by Gasteiger charge is 2.02. The summed E-state index contributed by atoms with van der Waals surface area (Å²) in [6, 6.07) is 6.10. The maximum atomic E-state index is 5.58. The third-order valence-corrected chi connectivity index (χ3v) is 2.18. The Morgan fingerprint density at radius 3 is 2.93 bits per heavy atom. The molecule has 0 amide bonds. The summed E-state index contributed by atoms with van der Waals surface area (Å²) < 4.78 is 1.74. The molecule has 14 heavy (non-hydrogen) atoms. The van der Waals surface area contributed by atoms with Gasteiger partial charge >= 0.3 is 0 Å². The van der Waals surface area contributed by atoms with Crippen LogP contribution < -0.4 is 5.73 Å². The van der Waals surface area contributed by atoms with Gasteiger partial charge in [0.05, 0.1) is 18.1 Å². The zero-order valence-corrected chi connectivity index (χ0v) is 8.01. The zero-order valence-electron chi connectivity index (χ0n) is 8.01. The van der Waals surface area contributed by atoms with Crippen molar-refractivity contribution in [2.75, 3.05) is 0 Å². The number of nitrogens with two attached hydrogens (primary N) is 1. The molecule has 0 aliphatic carbocycles. The van der Waals surface area contributed by atoms with Crippen LogP contribution in [0.2, 0.25) is 0 Å². The van der Waals surface area contributed by atoms with Crippen molar-refractivity contribution in [1.29, 1.82) is 0 Å². The van der Waals surface area contributed by atoms with Gasteiger partial charge in [0.15, 0.2) is 0 Å². The Balaban J connectivity index is 2.51. The summed E-state index contributed by atoms with van der Waals surface area (Å²) in [5, 5.41) is 7.73. The third kappa shape index (κ3) is 1.52. The summed E-state index contributed by atoms with van der Waals surface area (Å²) in [7, 11) is 0. The molecule has 1 aromatic heterocycles. The summed E-state index contributed by atoms with van der Waals surface area (Å²) in [6.45, 7) is 2.58. The van der Waals surface area contributed by atoms with Gasteiger partial charge in [-0.15, -0.1) is 5.10 Å². The number of aromatic nitrogens is 3. The van der Waals surface area contributed by atoms with Gasteiger partial charge in [-0.3, -0.25) is 0 Å². The number of hydrogen-bond donors (Lipinski definition) is 1. The standard InChI is InChI=1S/C10H12N4/c1-8-2-3-9(7-11)6-10(8)14-5-4-12-13-14/h2-6H,7,11H2,1H3. The Morgan fingerprint density at radius 2 is 2.29 bits per heavy atom. The van der Waals surface area contributed by atoms with Crippen LogP contribution in [-0.4, -0.2) is 15.0 Å². The molecule has 0 unspecified atom stereocenters. The van der Waals surface area contributed by atoms with Crippen molar-refractivity contribution < 1.29 is 0 Å². The SMILES string of the molecule is Cc1ccc(CN)cc1-n1ccnn1. The van der Waals surface area contributed by atoms with Crippen LogP contribution in [0.15, 0.2) is 30.6 Å². The Bertz CT molecular complexity index is 420. The molecule has 4 heteroatoms. The van der Waals surface area contributed by atoms with Crippen LogP contribution >= 0.6 is 0 Å². The van der Waals surface area contributed by atoms with Crippen LogP contribution in [-0.2, 0) is 6.54 Å². The zero-order chi connectivity index (χ0) is 9.97. The van der Waals surface area contributed by atoms with Crippen LogP contribution in [0.25, 0.3) is 5.69 Å². The average molecular weight is 188 g/mol. The molecule has 4 nitrogen and oxygen atoms in total. The van der Waals surface area contributed by atoms with Crippen LogP contribution in [0.3, 0.4) is 0 Å². The molecule has 0 spiro atoms. The number of benzene rings is 1. The minimum atomic E-state index is 0.544. The lowest BCUT2D eigenvalue weighted by molar-refractivity contribution is 0.796. The Kier molecular flexibility index (Phi) is 2.28. The fraction of sp³-hybridized carbons (Fsp3) is 0.200. The van der Waals surface area contributed by atoms with E-state index >= 15 is 0 Å². The van der Waals surface area contributed by atoms with E-state index in [1.165, 1.54) is 0 Å². The normalized spacial score (nSPS) is 10.4. The summed E-state index contributed by atoms with van der Waals surface area (Å²) in [6.07, 6.45) is 3.48. The van der Waals surface area contributed by atoms with Crippen molar-refractivity contribution in [1.82, 2.24) is 15.0 Å². The lowest BCUT2D eigenvalue weighted by Gasteiger charge is -2.06. The van der Waals surface area contributed by atoms with Crippen molar-refractivity contribution in [3.63, 3.8) is 0 Å². The predicted molar refractivity (Wildman–Crippen MR) is 54.0 cm³/mol. The van der Waals surface area contributed by atoms with E-state index in [4.69, 9.17) is 5.73 Å². The molecule has 2 N–H and O–H groups in total. The Morgan fingerprint density at radius 1 is 1.43 bits per heavy atom. The van der Waals surface area contributed by atoms with Gasteiger partial charge in [0.1, 0.15) is 0 Å². The maximum Gasteiger partial charge on any atom is 0.0697 e. The van der Waals surface area contributed by atoms with Gasteiger partial charge in [0.25, 0.3) is 0 Å². The molecule has 1 heterocycles. The molecule has 2 aromatic rings. The second-order valence-corrected chi connectivity index (χ2v) is 3.17. The van der Waals surface area contributed by atoms with Gasteiger partial charge in [-0.05, 0) is 24.1 Å². The first-order valence-corrected chi connectivity index (χ1v) is 4.47. The van der Waals surface area contributed by atoms with E-state index in [1.54, 1.807) is 10.9 Å². The van der Waals surface area contributed by atoms with Crippen molar-refractivity contribution in [2.24, 2.45) is 5.73 Å². The highest BCUT2D eigenvalue weighted by atomic mass is 15.4. The molecular formula is C10H12N4. The Labute approximate surface area is 82.4 Å². The van der Waals surface area contributed by atoms with E-state index < -0.39 is 0 Å². The first-order chi connectivity index (χ1) is 6.81. The van der Waals surface area contributed by atoms with Crippen LogP contribution in [0, 0.1) is 6.92 Å². The second-order valence-electron chi connectivity index (χ2n) is 3.17. The minimum absolute atomic E-state index is 0.544. The van der Waals surface area contributed by atoms with Gasteiger partial charge < -0.3 is 5.73 Å². The van der Waals surface area contributed by atoms with Crippen molar-refractivity contribution in [3.8, 4) is 5.69 Å². The highest BCUT2D eigenvalue weighted by molar-refractivity contribution is 5.42. The van der Waals surface area contributed by atoms with E-state index in [0.29, 0.717) is 6.54 Å². The number of nitrogens with zero attached hydrogens (tertiary/aromatic N) is 3. The van der Waals surface area contributed by atoms with E-state index in [-0.39, 0.29) is 0 Å². The van der Waals surface area contributed by atoms with Gasteiger partial charge in [-0.25, -0.2) is 4.68 Å². The quantitative estimate of drug-likeness (QED) is 0.766.